The third-order valence-corrected chi connectivity index (χ3v) is 24.4. The fourth-order valence-electron chi connectivity index (χ4n) is 6.95. The van der Waals surface area contributed by atoms with Crippen LogP contribution in [0, 0.1) is 0 Å². The van der Waals surface area contributed by atoms with Crippen LogP contribution in [-0.2, 0) is 251 Å². The minimum Gasteiger partial charge on any atom is -2.00 e. The summed E-state index contributed by atoms with van der Waals surface area (Å²) >= 11 is 0. The van der Waals surface area contributed by atoms with Crippen molar-refractivity contribution >= 4 is 208 Å². The first-order chi connectivity index (χ1) is 35.9. The summed E-state index contributed by atoms with van der Waals surface area (Å²) < 4.78 is 0. The van der Waals surface area contributed by atoms with Crippen LogP contribution in [0.1, 0.15) is 0 Å². The van der Waals surface area contributed by atoms with Gasteiger partial charge < -0.3 is 128 Å². The van der Waals surface area contributed by atoms with E-state index in [0.29, 0.717) is 0 Å². The smallest absolute Gasteiger partial charge is 2.00 e. The van der Waals surface area contributed by atoms with Gasteiger partial charge in [0, 0.05) is 118 Å². The number of benzene rings is 8. The van der Waals surface area contributed by atoms with Gasteiger partial charge in [-0.15, -0.1) is 0 Å². The molecule has 0 unspecified atom stereocenters. The Hall–Kier alpha value is 0.186. The van der Waals surface area contributed by atoms with E-state index in [2.05, 4.69) is 243 Å². The number of nitrogens with zero attached hydrogens (tertiary/aromatic N) is 4. The van der Waals surface area contributed by atoms with E-state index in [1.54, 1.807) is 56.4 Å². The maximum Gasteiger partial charge on any atom is 3.00 e. The molecular formula is C62H76Mo2N4O4P4Pd4S8-5. The average Bonchev–Trinajstić information content (AvgIpc) is 3.46. The van der Waals surface area contributed by atoms with Gasteiger partial charge in [-0.3, -0.25) is 19.2 Å². The van der Waals surface area contributed by atoms with Crippen LogP contribution < -0.4 is 42.4 Å². The van der Waals surface area contributed by atoms with Gasteiger partial charge in [0.2, 0.25) is 25.6 Å². The van der Waals surface area contributed by atoms with Crippen LogP contribution in [0.2, 0.25) is 0 Å². The maximum atomic E-state index is 9.43. The molecule has 0 aromatic heterocycles. The minimum atomic E-state index is -0.847. The first kappa shape index (κ1) is 115. The summed E-state index contributed by atoms with van der Waals surface area (Å²) in [5.74, 6) is 2.49. The molecule has 0 bridgehead atoms. The normalized spacial score (nSPS) is 8.32. The Morgan fingerprint density at radius 1 is 0.250 bits per heavy atom. The summed E-state index contributed by atoms with van der Waals surface area (Å²) in [5.41, 5.74) is 0. The molecule has 0 fully saturated rings. The van der Waals surface area contributed by atoms with Crippen LogP contribution in [0.4, 0.5) is 0 Å². The number of hydrogen-bond acceptors (Lipinski definition) is 4. The van der Waals surface area contributed by atoms with Crippen molar-refractivity contribution in [3.8, 4) is 0 Å². The van der Waals surface area contributed by atoms with Crippen molar-refractivity contribution in [2.75, 3.05) is 68.2 Å². The number of hydrogen-bond donors (Lipinski definition) is 0. The third kappa shape index (κ3) is 49.7. The Morgan fingerprint density at radius 2 is 0.330 bits per heavy atom. The van der Waals surface area contributed by atoms with E-state index in [0.717, 1.165) is 25.6 Å². The predicted octanol–water partition coefficient (Wildman–Crippen LogP) is 8.13. The molecule has 8 nitrogen and oxygen atoms in total. The van der Waals surface area contributed by atoms with Crippen LogP contribution >= 0.6 is 31.7 Å². The first-order valence-corrected chi connectivity index (χ1v) is 31.1. The van der Waals surface area contributed by atoms with E-state index in [1.165, 1.54) is 73.8 Å². The molecule has 26 heteroatoms. The summed E-state index contributed by atoms with van der Waals surface area (Å²) in [5, 5.41) is 12.0. The minimum absolute atomic E-state index is 0. The van der Waals surface area contributed by atoms with Gasteiger partial charge in [0.1, 0.15) is 74.1 Å². The topological polar surface area (TPSA) is 81.2 Å². The third-order valence-electron chi connectivity index (χ3n) is 10.5. The monoisotopic (exact) mass is 1940 g/mol. The van der Waals surface area contributed by atoms with Gasteiger partial charge in [0.25, 0.3) is 0 Å². The van der Waals surface area contributed by atoms with Crippen molar-refractivity contribution in [2.24, 2.45) is 0 Å². The van der Waals surface area contributed by atoms with E-state index < -0.39 is 31.7 Å². The van der Waals surface area contributed by atoms with Crippen LogP contribution in [-0.4, -0.2) is 113 Å². The summed E-state index contributed by atoms with van der Waals surface area (Å²) in [4.78, 5) is 43.5. The molecule has 4 amide bonds. The molecule has 0 saturated heterocycles. The zero-order chi connectivity index (χ0) is 53.8. The average molecular weight is 1940 g/mol. The van der Waals surface area contributed by atoms with Crippen molar-refractivity contribution < 1.29 is 143 Å². The van der Waals surface area contributed by atoms with Crippen molar-refractivity contribution in [1.82, 2.24) is 19.6 Å². The molecule has 0 aliphatic rings. The van der Waals surface area contributed by atoms with Gasteiger partial charge in [-0.1, -0.05) is 146 Å². The number of carbonyl (C=O) groups excluding carboxylic acids is 4. The molecule has 1 radical (unpaired) electrons. The number of amides is 4. The second kappa shape index (κ2) is 73.0. The van der Waals surface area contributed by atoms with E-state index in [-0.39, 0.29) is 232 Å². The molecule has 0 N–H and O–H groups in total. The van der Waals surface area contributed by atoms with Crippen molar-refractivity contribution in [1.29, 1.82) is 0 Å². The predicted molar refractivity (Wildman–Crippen MR) is 390 cm³/mol. The fraction of sp³-hybridized carbons (Fsp3) is 0.161. The maximum absolute atomic E-state index is 9.43. The van der Waals surface area contributed by atoms with Crippen molar-refractivity contribution in [3.63, 3.8) is 0 Å². The van der Waals surface area contributed by atoms with E-state index in [1.807, 2.05) is 0 Å². The van der Waals surface area contributed by atoms with Crippen LogP contribution in [0.25, 0.3) is 0 Å². The van der Waals surface area contributed by atoms with E-state index in [9.17, 15) is 19.2 Å². The molecule has 493 valence electrons. The summed E-state index contributed by atoms with van der Waals surface area (Å²) in [7, 11) is 10.1. The van der Waals surface area contributed by atoms with Crippen molar-refractivity contribution in [2.45, 2.75) is 0 Å². The molecule has 8 aromatic carbocycles. The molecule has 88 heavy (non-hydrogen) atoms. The number of rotatable bonds is 16. The molecule has 0 atom stereocenters. The Kier molecular flexibility index (Phi) is 95.8. The summed E-state index contributed by atoms with van der Waals surface area (Å²) in [6, 6.07) is 88.9. The largest absolute Gasteiger partial charge is 3.00 e. The quantitative estimate of drug-likeness (QED) is 0.0557. The van der Waals surface area contributed by atoms with Crippen molar-refractivity contribution in [3.05, 3.63) is 243 Å². The fourth-order valence-corrected chi connectivity index (χ4v) is 22.4. The molecule has 0 heterocycles. The van der Waals surface area contributed by atoms with Gasteiger partial charge >= 0.3 is 62.6 Å². The van der Waals surface area contributed by atoms with Gasteiger partial charge in [0.15, 0.2) is 11.8 Å². The van der Waals surface area contributed by atoms with Crippen LogP contribution in [0.15, 0.2) is 243 Å². The van der Waals surface area contributed by atoms with E-state index in [4.69, 9.17) is 0 Å². The van der Waals surface area contributed by atoms with Gasteiger partial charge in [-0.25, -0.2) is 0 Å². The van der Waals surface area contributed by atoms with E-state index >= 15 is 0 Å². The Bertz CT molecular complexity index is 2200. The molecular weight excluding hydrogens is 1860 g/mol. The molecule has 0 aliphatic heterocycles. The van der Waals surface area contributed by atoms with Gasteiger partial charge in [-0.05, 0) is 97.1 Å². The summed E-state index contributed by atoms with van der Waals surface area (Å²) in [6.07, 6.45) is 3.00. The second-order valence-electron chi connectivity index (χ2n) is 17.5. The van der Waals surface area contributed by atoms with Gasteiger partial charge in [-0.2, -0.15) is 0 Å². The molecule has 0 saturated carbocycles. The Balaban J connectivity index is -0.0000000894. The summed E-state index contributed by atoms with van der Waals surface area (Å²) in [6.45, 7) is 0. The molecule has 8 aromatic rings. The Labute approximate surface area is 672 Å². The van der Waals surface area contributed by atoms with Crippen LogP contribution in [0.3, 0.4) is 0 Å². The molecule has 8 rings (SSSR count). The number of carbonyl (C=O) groups is 4. The van der Waals surface area contributed by atoms with Gasteiger partial charge in [0.05, 0.1) is 0 Å². The standard InChI is InChI=1S/2C25H22P2.4C3H7NO.2Mo.4Pd.8S/c2*1-5-13-22(14-6-1)26(23-15-7-2-8-16-23)21-27(24-17-9-3-10-18-24)25-19-11-4-12-20-25;4*1-4(2)3-5;;;;;;;;;;;;;;/h2*1-20H,21H2;4*3H,1-2H3;;;;;;;;;;;;;;/q;;;;;;+2;+3;;;;+2;8*-2/p+4. The zero-order valence-electron chi connectivity index (χ0n) is 49.6. The molecule has 0 spiro atoms. The second-order valence-corrected chi connectivity index (χ2v) is 28.7. The first-order valence-electron chi connectivity index (χ1n) is 24.3. The van der Waals surface area contributed by atoms with Crippen LogP contribution in [0.5, 0.6) is 0 Å². The Morgan fingerprint density at radius 3 is 0.398 bits per heavy atom. The zero-order valence-corrected chi connectivity index (χ0v) is 70.4. The SMILES string of the molecule is CN(C)C=O.CN(C)C=O.CN(C)C=O.CN(C)C=O.[Mo+2].[Mo+3].[Pd+2].[Pd].[Pd].[Pd].[S-2].[S-2].[S-2].[S-2].[S-2].[S-2].[S-2].[S-2].c1ccc([PH+](C[PH+](c2ccccc2)c2ccccc2)c2ccccc2)cc1.c1ccc([PH+](C[PH+](c2ccccc2)c2ccccc2)c2ccccc2)cc1. The molecule has 0 aliphatic carbocycles.